The van der Waals surface area contributed by atoms with Crippen LogP contribution in [-0.2, 0) is 6.42 Å². The van der Waals surface area contributed by atoms with Crippen molar-refractivity contribution in [1.29, 1.82) is 0 Å². The quantitative estimate of drug-likeness (QED) is 0.861. The highest BCUT2D eigenvalue weighted by atomic mass is 32.1. The summed E-state index contributed by atoms with van der Waals surface area (Å²) in [7, 11) is 0. The molecule has 4 nitrogen and oxygen atoms in total. The second-order valence-electron chi connectivity index (χ2n) is 6.51. The maximum absolute atomic E-state index is 12.5. The first kappa shape index (κ1) is 15.5. The molecule has 2 aliphatic rings. The number of aryl methyl sites for hydroxylation is 2. The molecular formula is C19H21NO3S. The number of carbonyl (C=O) groups is 1. The Labute approximate surface area is 145 Å². The fourth-order valence-electron chi connectivity index (χ4n) is 3.46. The van der Waals surface area contributed by atoms with Crippen molar-refractivity contribution < 1.29 is 14.3 Å². The molecule has 0 radical (unpaired) electrons. The smallest absolute Gasteiger partial charge is 0.265 e. The van der Waals surface area contributed by atoms with Crippen molar-refractivity contribution in [2.24, 2.45) is 0 Å². The topological polar surface area (TPSA) is 47.6 Å². The molecule has 1 aromatic carbocycles. The van der Waals surface area contributed by atoms with Crippen LogP contribution in [0.15, 0.2) is 24.3 Å². The second-order valence-corrected chi connectivity index (χ2v) is 7.64. The predicted molar refractivity (Wildman–Crippen MR) is 95.3 cm³/mol. The van der Waals surface area contributed by atoms with Crippen molar-refractivity contribution in [3.63, 3.8) is 0 Å². The largest absolute Gasteiger partial charge is 0.448 e. The highest BCUT2D eigenvalue weighted by Gasteiger charge is 2.44. The highest BCUT2D eigenvalue weighted by molar-refractivity contribution is 7.14. The summed E-state index contributed by atoms with van der Waals surface area (Å²) in [5.41, 5.74) is 1.92. The van der Waals surface area contributed by atoms with Crippen molar-refractivity contribution in [2.45, 2.75) is 51.7 Å². The Morgan fingerprint density at radius 2 is 1.96 bits per heavy atom. The van der Waals surface area contributed by atoms with Crippen LogP contribution in [0.5, 0.6) is 11.5 Å². The molecule has 0 bridgehead atoms. The number of anilines is 1. The summed E-state index contributed by atoms with van der Waals surface area (Å²) in [5, 5.41) is 2.97. The lowest BCUT2D eigenvalue weighted by Crippen LogP contribution is -2.34. The number of hydrogen-bond donors (Lipinski definition) is 1. The normalized spacial score (nSPS) is 17.4. The van der Waals surface area contributed by atoms with E-state index in [9.17, 15) is 4.79 Å². The van der Waals surface area contributed by atoms with E-state index in [0.717, 1.165) is 54.2 Å². The van der Waals surface area contributed by atoms with Crippen molar-refractivity contribution in [3.8, 4) is 11.5 Å². The number of carbonyl (C=O) groups excluding carboxylic acids is 1. The number of hydrogen-bond acceptors (Lipinski definition) is 4. The molecule has 1 aromatic heterocycles. The molecule has 2 heterocycles. The molecule has 1 fully saturated rings. The summed E-state index contributed by atoms with van der Waals surface area (Å²) in [6.07, 6.45) is 5.08. The first-order valence-electron chi connectivity index (χ1n) is 8.51. The minimum absolute atomic E-state index is 0.0720. The monoisotopic (exact) mass is 343 g/mol. The van der Waals surface area contributed by atoms with Gasteiger partial charge in [0.1, 0.15) is 0 Å². The van der Waals surface area contributed by atoms with E-state index in [-0.39, 0.29) is 5.91 Å². The van der Waals surface area contributed by atoms with Gasteiger partial charge in [0, 0.05) is 29.5 Å². The van der Waals surface area contributed by atoms with Gasteiger partial charge in [0.2, 0.25) is 0 Å². The van der Waals surface area contributed by atoms with Crippen LogP contribution in [-0.4, -0.2) is 11.7 Å². The molecular weight excluding hydrogens is 322 g/mol. The van der Waals surface area contributed by atoms with E-state index in [1.807, 2.05) is 31.2 Å². The zero-order valence-corrected chi connectivity index (χ0v) is 14.8. The molecule has 0 unspecified atom stereocenters. The molecule has 1 amide bonds. The van der Waals surface area contributed by atoms with Crippen molar-refractivity contribution in [3.05, 3.63) is 39.6 Å². The zero-order valence-electron chi connectivity index (χ0n) is 14.0. The minimum Gasteiger partial charge on any atom is -0.448 e. The van der Waals surface area contributed by atoms with Gasteiger partial charge in [0.05, 0.1) is 4.88 Å². The Bertz CT molecular complexity index is 790. The third kappa shape index (κ3) is 2.67. The van der Waals surface area contributed by atoms with Crippen LogP contribution in [0.4, 0.5) is 5.69 Å². The lowest BCUT2D eigenvalue weighted by Gasteiger charge is -2.21. The maximum Gasteiger partial charge on any atom is 0.265 e. The summed E-state index contributed by atoms with van der Waals surface area (Å²) in [4.78, 5) is 14.5. The molecule has 126 valence electrons. The zero-order chi connectivity index (χ0) is 16.7. The summed E-state index contributed by atoms with van der Waals surface area (Å²) < 4.78 is 12.1. The van der Waals surface area contributed by atoms with Crippen molar-refractivity contribution in [1.82, 2.24) is 0 Å². The first-order valence-corrected chi connectivity index (χ1v) is 9.33. The standard InChI is InChI=1S/C19H21NO3S/c1-3-16-12(2)10-17(24-16)18(21)20-13-6-7-14-15(11-13)23-19(22-14)8-4-5-9-19/h6-7,10-11H,3-5,8-9H2,1-2H3,(H,20,21). The third-order valence-electron chi connectivity index (χ3n) is 4.72. The van der Waals surface area contributed by atoms with Gasteiger partial charge in [-0.05, 0) is 49.9 Å². The van der Waals surface area contributed by atoms with E-state index >= 15 is 0 Å². The van der Waals surface area contributed by atoms with Gasteiger partial charge in [0.25, 0.3) is 11.7 Å². The van der Waals surface area contributed by atoms with E-state index in [1.54, 1.807) is 11.3 Å². The van der Waals surface area contributed by atoms with Gasteiger partial charge in [0.15, 0.2) is 11.5 Å². The predicted octanol–water partition coefficient (Wildman–Crippen LogP) is 4.91. The molecule has 1 saturated carbocycles. The highest BCUT2D eigenvalue weighted by Crippen LogP contribution is 2.47. The number of benzene rings is 1. The average Bonchev–Trinajstić information content (AvgIpc) is 3.26. The molecule has 1 spiro atoms. The molecule has 1 aliphatic carbocycles. The average molecular weight is 343 g/mol. The van der Waals surface area contributed by atoms with Crippen LogP contribution in [0.2, 0.25) is 0 Å². The van der Waals surface area contributed by atoms with E-state index in [0.29, 0.717) is 0 Å². The number of nitrogens with one attached hydrogen (secondary N) is 1. The maximum atomic E-state index is 12.5. The van der Waals surface area contributed by atoms with Crippen LogP contribution < -0.4 is 14.8 Å². The Kier molecular flexibility index (Phi) is 3.76. The summed E-state index contributed by atoms with van der Waals surface area (Å²) >= 11 is 1.56. The summed E-state index contributed by atoms with van der Waals surface area (Å²) in [6, 6.07) is 7.57. The minimum atomic E-state index is -0.466. The molecule has 0 atom stereocenters. The third-order valence-corrected chi connectivity index (χ3v) is 6.10. The molecule has 1 aliphatic heterocycles. The van der Waals surface area contributed by atoms with Gasteiger partial charge in [-0.3, -0.25) is 4.79 Å². The SMILES string of the molecule is CCc1sc(C(=O)Nc2ccc3c(c2)OC2(CCCC2)O3)cc1C. The molecule has 2 aromatic rings. The van der Waals surface area contributed by atoms with Crippen LogP contribution in [0.25, 0.3) is 0 Å². The van der Waals surface area contributed by atoms with E-state index < -0.39 is 5.79 Å². The van der Waals surface area contributed by atoms with Crippen LogP contribution in [0.3, 0.4) is 0 Å². The number of amides is 1. The Balaban J connectivity index is 1.51. The van der Waals surface area contributed by atoms with E-state index in [4.69, 9.17) is 9.47 Å². The fourth-order valence-corrected chi connectivity index (χ4v) is 4.47. The second kappa shape index (κ2) is 5.81. The summed E-state index contributed by atoms with van der Waals surface area (Å²) in [6.45, 7) is 4.16. The van der Waals surface area contributed by atoms with E-state index in [1.165, 1.54) is 10.4 Å². The number of rotatable bonds is 3. The van der Waals surface area contributed by atoms with Crippen LogP contribution in [0, 0.1) is 6.92 Å². The van der Waals surface area contributed by atoms with Gasteiger partial charge in [-0.2, -0.15) is 0 Å². The Morgan fingerprint density at radius 3 is 2.67 bits per heavy atom. The van der Waals surface area contributed by atoms with Gasteiger partial charge in [-0.1, -0.05) is 6.92 Å². The molecule has 5 heteroatoms. The van der Waals surface area contributed by atoms with Gasteiger partial charge < -0.3 is 14.8 Å². The lowest BCUT2D eigenvalue weighted by molar-refractivity contribution is -0.0716. The number of fused-ring (bicyclic) bond motifs is 1. The summed E-state index contributed by atoms with van der Waals surface area (Å²) in [5.74, 6) is 0.963. The molecule has 4 rings (SSSR count). The van der Waals surface area contributed by atoms with Crippen LogP contribution in [0.1, 0.15) is 52.7 Å². The number of thiophene rings is 1. The lowest BCUT2D eigenvalue weighted by atomic mass is 10.2. The van der Waals surface area contributed by atoms with Gasteiger partial charge >= 0.3 is 0 Å². The fraction of sp³-hybridized carbons (Fsp3) is 0.421. The number of ether oxygens (including phenoxy) is 2. The van der Waals surface area contributed by atoms with Gasteiger partial charge in [-0.15, -0.1) is 11.3 Å². The Morgan fingerprint density at radius 1 is 1.21 bits per heavy atom. The molecule has 0 saturated heterocycles. The van der Waals surface area contributed by atoms with Gasteiger partial charge in [-0.25, -0.2) is 0 Å². The molecule has 1 N–H and O–H groups in total. The Hall–Kier alpha value is -2.01. The van der Waals surface area contributed by atoms with E-state index in [2.05, 4.69) is 12.2 Å². The van der Waals surface area contributed by atoms with Crippen molar-refractivity contribution >= 4 is 22.9 Å². The van der Waals surface area contributed by atoms with Crippen molar-refractivity contribution in [2.75, 3.05) is 5.32 Å². The molecule has 24 heavy (non-hydrogen) atoms. The first-order chi connectivity index (χ1) is 11.6. The van der Waals surface area contributed by atoms with Crippen LogP contribution >= 0.6 is 11.3 Å².